The SMILES string of the molecule is CCc1ccc(OCC(=O)N(C)CC(=O)N2CC[NH+](CC(=O)NC(C)(C)C)CC2)cc1. The lowest BCUT2D eigenvalue weighted by Gasteiger charge is -2.33. The van der Waals surface area contributed by atoms with Crippen LogP contribution in [0.25, 0.3) is 0 Å². The van der Waals surface area contributed by atoms with Crippen LogP contribution in [0.4, 0.5) is 0 Å². The molecule has 0 spiro atoms. The highest BCUT2D eigenvalue weighted by Crippen LogP contribution is 2.12. The van der Waals surface area contributed by atoms with Crippen LogP contribution in [0, 0.1) is 0 Å². The van der Waals surface area contributed by atoms with Crippen molar-refractivity contribution in [2.75, 3.05) is 52.9 Å². The number of ether oxygens (including phenoxy) is 1. The number of aryl methyl sites for hydroxylation is 1. The minimum atomic E-state index is -0.242. The van der Waals surface area contributed by atoms with E-state index in [1.807, 2.05) is 45.0 Å². The number of nitrogens with zero attached hydrogens (tertiary/aromatic N) is 2. The molecule has 0 radical (unpaired) electrons. The van der Waals surface area contributed by atoms with E-state index in [1.54, 1.807) is 11.9 Å². The van der Waals surface area contributed by atoms with Crippen LogP contribution in [0.3, 0.4) is 0 Å². The van der Waals surface area contributed by atoms with Crippen molar-refractivity contribution in [2.24, 2.45) is 0 Å². The van der Waals surface area contributed by atoms with E-state index >= 15 is 0 Å². The number of amides is 3. The molecule has 1 fully saturated rings. The third-order valence-corrected chi connectivity index (χ3v) is 5.24. The van der Waals surface area contributed by atoms with Crippen LogP contribution in [-0.4, -0.2) is 86.0 Å². The van der Waals surface area contributed by atoms with E-state index in [-0.39, 0.29) is 36.4 Å². The summed E-state index contributed by atoms with van der Waals surface area (Å²) in [4.78, 5) is 41.3. The van der Waals surface area contributed by atoms with E-state index in [0.29, 0.717) is 25.4 Å². The third kappa shape index (κ3) is 8.57. The molecule has 172 valence electrons. The number of benzene rings is 1. The predicted octanol–water partition coefficient (Wildman–Crippen LogP) is -0.272. The van der Waals surface area contributed by atoms with Crippen molar-refractivity contribution in [3.8, 4) is 5.75 Å². The van der Waals surface area contributed by atoms with Gasteiger partial charge in [0.15, 0.2) is 13.2 Å². The summed E-state index contributed by atoms with van der Waals surface area (Å²) in [5.74, 6) is 0.342. The molecule has 2 rings (SSSR count). The summed E-state index contributed by atoms with van der Waals surface area (Å²) in [5.41, 5.74) is 0.965. The Kier molecular flexibility index (Phi) is 8.86. The highest BCUT2D eigenvalue weighted by atomic mass is 16.5. The monoisotopic (exact) mass is 433 g/mol. The maximum absolute atomic E-state index is 12.6. The van der Waals surface area contributed by atoms with Crippen molar-refractivity contribution >= 4 is 17.7 Å². The Morgan fingerprint density at radius 2 is 1.74 bits per heavy atom. The second kappa shape index (κ2) is 11.1. The first kappa shape index (κ1) is 24.7. The molecule has 8 nitrogen and oxygen atoms in total. The number of quaternary nitrogens is 1. The van der Waals surface area contributed by atoms with Gasteiger partial charge in [-0.2, -0.15) is 0 Å². The van der Waals surface area contributed by atoms with Gasteiger partial charge in [-0.3, -0.25) is 14.4 Å². The Labute approximate surface area is 185 Å². The van der Waals surface area contributed by atoms with E-state index in [2.05, 4.69) is 12.2 Å². The lowest BCUT2D eigenvalue weighted by molar-refractivity contribution is -0.896. The highest BCUT2D eigenvalue weighted by molar-refractivity contribution is 5.85. The van der Waals surface area contributed by atoms with Gasteiger partial charge in [-0.05, 0) is 44.9 Å². The zero-order chi connectivity index (χ0) is 23.0. The normalized spacial score (nSPS) is 14.8. The molecule has 0 aromatic heterocycles. The summed E-state index contributed by atoms with van der Waals surface area (Å²) in [6.07, 6.45) is 0.948. The van der Waals surface area contributed by atoms with Gasteiger partial charge in [0.1, 0.15) is 5.75 Å². The van der Waals surface area contributed by atoms with Gasteiger partial charge < -0.3 is 24.8 Å². The lowest BCUT2D eigenvalue weighted by Crippen LogP contribution is -3.16. The van der Waals surface area contributed by atoms with Crippen LogP contribution in [0.1, 0.15) is 33.3 Å². The molecule has 31 heavy (non-hydrogen) atoms. The van der Waals surface area contributed by atoms with E-state index in [4.69, 9.17) is 4.74 Å². The molecule has 2 N–H and O–H groups in total. The fraction of sp³-hybridized carbons (Fsp3) is 0.609. The van der Waals surface area contributed by atoms with Crippen molar-refractivity contribution < 1.29 is 24.0 Å². The van der Waals surface area contributed by atoms with Gasteiger partial charge in [0, 0.05) is 12.6 Å². The maximum atomic E-state index is 12.6. The molecule has 0 unspecified atom stereocenters. The standard InChI is InChI=1S/C23H36N4O4/c1-6-18-7-9-19(10-8-18)31-17-22(30)25(5)16-21(29)27-13-11-26(12-14-27)15-20(28)24-23(2,3)4/h7-10H,6,11-17H2,1-5H3,(H,24,28)/p+1. The molecule has 3 amide bonds. The Bertz CT molecular complexity index is 750. The van der Waals surface area contributed by atoms with Gasteiger partial charge in [0.05, 0.1) is 32.7 Å². The minimum absolute atomic E-state index is 0.0246. The number of carbonyl (C=O) groups excluding carboxylic acids is 3. The Hall–Kier alpha value is -2.61. The summed E-state index contributed by atoms with van der Waals surface area (Å²) < 4.78 is 5.54. The number of nitrogens with one attached hydrogen (secondary N) is 2. The first-order chi connectivity index (χ1) is 14.6. The predicted molar refractivity (Wildman–Crippen MR) is 119 cm³/mol. The molecule has 1 aliphatic rings. The van der Waals surface area contributed by atoms with Crippen molar-refractivity contribution in [1.82, 2.24) is 15.1 Å². The first-order valence-corrected chi connectivity index (χ1v) is 11.0. The van der Waals surface area contributed by atoms with E-state index in [9.17, 15) is 14.4 Å². The molecule has 0 saturated carbocycles. The van der Waals surface area contributed by atoms with Crippen molar-refractivity contribution in [1.29, 1.82) is 0 Å². The van der Waals surface area contributed by atoms with Gasteiger partial charge in [-0.1, -0.05) is 19.1 Å². The molecule has 1 aromatic carbocycles. The van der Waals surface area contributed by atoms with Crippen LogP contribution in [0.5, 0.6) is 5.75 Å². The second-order valence-corrected chi connectivity index (χ2v) is 9.14. The van der Waals surface area contributed by atoms with Crippen LogP contribution < -0.4 is 15.0 Å². The first-order valence-electron chi connectivity index (χ1n) is 11.0. The van der Waals surface area contributed by atoms with Gasteiger partial charge in [-0.15, -0.1) is 0 Å². The fourth-order valence-corrected chi connectivity index (χ4v) is 3.41. The topological polar surface area (TPSA) is 83.4 Å². The van der Waals surface area contributed by atoms with Crippen molar-refractivity contribution in [3.63, 3.8) is 0 Å². The fourth-order valence-electron chi connectivity index (χ4n) is 3.41. The van der Waals surface area contributed by atoms with Crippen LogP contribution in [-0.2, 0) is 20.8 Å². The number of rotatable bonds is 8. The average Bonchev–Trinajstić information content (AvgIpc) is 2.71. The van der Waals surface area contributed by atoms with Crippen LogP contribution in [0.2, 0.25) is 0 Å². The van der Waals surface area contributed by atoms with Gasteiger partial charge in [0.25, 0.3) is 11.8 Å². The van der Waals surface area contributed by atoms with Crippen molar-refractivity contribution in [3.05, 3.63) is 29.8 Å². The van der Waals surface area contributed by atoms with E-state index in [1.165, 1.54) is 10.5 Å². The quantitative estimate of drug-likeness (QED) is 0.591. The lowest BCUT2D eigenvalue weighted by atomic mass is 10.1. The van der Waals surface area contributed by atoms with E-state index in [0.717, 1.165) is 24.4 Å². The molecule has 1 aromatic rings. The largest absolute Gasteiger partial charge is 0.484 e. The van der Waals surface area contributed by atoms with E-state index < -0.39 is 0 Å². The average molecular weight is 434 g/mol. The second-order valence-electron chi connectivity index (χ2n) is 9.14. The maximum Gasteiger partial charge on any atom is 0.275 e. The summed E-state index contributed by atoms with van der Waals surface area (Å²) in [5, 5.41) is 2.97. The van der Waals surface area contributed by atoms with Gasteiger partial charge in [-0.25, -0.2) is 0 Å². The minimum Gasteiger partial charge on any atom is -0.484 e. The number of carbonyl (C=O) groups is 3. The Morgan fingerprint density at radius 1 is 1.13 bits per heavy atom. The Balaban J connectivity index is 1.71. The molecule has 0 aliphatic carbocycles. The van der Waals surface area contributed by atoms with Crippen LogP contribution >= 0.6 is 0 Å². The third-order valence-electron chi connectivity index (χ3n) is 5.24. The Morgan fingerprint density at radius 3 is 2.29 bits per heavy atom. The molecule has 1 heterocycles. The van der Waals surface area contributed by atoms with Gasteiger partial charge >= 0.3 is 0 Å². The zero-order valence-corrected chi connectivity index (χ0v) is 19.5. The summed E-state index contributed by atoms with van der Waals surface area (Å²) >= 11 is 0. The zero-order valence-electron chi connectivity index (χ0n) is 19.5. The molecule has 0 bridgehead atoms. The molecule has 1 aliphatic heterocycles. The molecule has 8 heteroatoms. The van der Waals surface area contributed by atoms with Crippen molar-refractivity contribution in [2.45, 2.75) is 39.7 Å². The summed E-state index contributed by atoms with van der Waals surface area (Å²) in [6, 6.07) is 7.64. The number of hydrogen-bond acceptors (Lipinski definition) is 4. The van der Waals surface area contributed by atoms with Gasteiger partial charge in [0.2, 0.25) is 5.91 Å². The summed E-state index contributed by atoms with van der Waals surface area (Å²) in [6.45, 7) is 10.9. The number of hydrogen-bond donors (Lipinski definition) is 2. The summed E-state index contributed by atoms with van der Waals surface area (Å²) in [7, 11) is 1.61. The molecular formula is C23H37N4O4+. The number of likely N-dealkylation sites (N-methyl/N-ethyl adjacent to an activating group) is 1. The molecule has 0 atom stereocenters. The highest BCUT2D eigenvalue weighted by Gasteiger charge is 2.27. The smallest absolute Gasteiger partial charge is 0.275 e. The molecular weight excluding hydrogens is 396 g/mol. The molecule has 1 saturated heterocycles. The van der Waals surface area contributed by atoms with Crippen LogP contribution in [0.15, 0.2) is 24.3 Å². The number of piperazine rings is 1.